The first-order chi connectivity index (χ1) is 19.7. The van der Waals surface area contributed by atoms with Gasteiger partial charge in [-0.2, -0.15) is 0 Å². The van der Waals surface area contributed by atoms with Crippen molar-refractivity contribution in [2.24, 2.45) is 0 Å². The number of aliphatic hydroxyl groups excluding tert-OH is 1. The second kappa shape index (κ2) is 11.6. The minimum absolute atomic E-state index is 0.0205. The van der Waals surface area contributed by atoms with Crippen LogP contribution in [0, 0.1) is 0 Å². The minimum Gasteiger partial charge on any atom is -0.392 e. The molecule has 0 fully saturated rings. The van der Waals surface area contributed by atoms with Crippen LogP contribution in [0.2, 0.25) is 0 Å². The fourth-order valence-corrected chi connectivity index (χ4v) is 6.29. The van der Waals surface area contributed by atoms with Crippen LogP contribution in [0.5, 0.6) is 0 Å². The second-order valence-corrected chi connectivity index (χ2v) is 10.7. The van der Waals surface area contributed by atoms with E-state index >= 15 is 0 Å². The number of nitrogens with zero attached hydrogens (tertiary/aromatic N) is 2. The summed E-state index contributed by atoms with van der Waals surface area (Å²) in [4.78, 5) is 3.44. The number of aromatic nitrogens is 1. The summed E-state index contributed by atoms with van der Waals surface area (Å²) in [5.41, 5.74) is 6.21. The molecule has 6 heteroatoms. The van der Waals surface area contributed by atoms with Crippen molar-refractivity contribution < 1.29 is 14.4 Å². The van der Waals surface area contributed by atoms with Crippen molar-refractivity contribution in [1.82, 2.24) is 5.16 Å². The number of hydrogen-bond donors (Lipinski definition) is 1. The minimum atomic E-state index is -0.0671. The molecule has 200 valence electrons. The molecule has 6 aromatic rings. The summed E-state index contributed by atoms with van der Waals surface area (Å²) >= 11 is 1.64. The van der Waals surface area contributed by atoms with Crippen LogP contribution >= 0.6 is 11.8 Å². The van der Waals surface area contributed by atoms with Crippen LogP contribution in [0.25, 0.3) is 32.8 Å². The van der Waals surface area contributed by atoms with Crippen LogP contribution in [0.15, 0.2) is 119 Å². The van der Waals surface area contributed by atoms with Gasteiger partial charge in [0.05, 0.1) is 18.6 Å². The van der Waals surface area contributed by atoms with Gasteiger partial charge in [0.1, 0.15) is 12.0 Å². The zero-order valence-corrected chi connectivity index (χ0v) is 23.3. The molecule has 0 aliphatic carbocycles. The maximum atomic E-state index is 9.68. The Morgan fingerprint density at radius 1 is 0.850 bits per heavy atom. The quantitative estimate of drug-likeness (QED) is 0.146. The molecular weight excluding hydrogens is 516 g/mol. The largest absolute Gasteiger partial charge is 0.392 e. The molecular formula is C34H30N2O3S. The van der Waals surface area contributed by atoms with Gasteiger partial charge >= 0.3 is 0 Å². The van der Waals surface area contributed by atoms with Gasteiger partial charge in [-0.1, -0.05) is 102 Å². The van der Waals surface area contributed by atoms with E-state index in [0.29, 0.717) is 5.94 Å². The number of methoxy groups -OCH3 is 1. The first kappa shape index (κ1) is 26.1. The number of fused-ring (bicyclic) bond motifs is 2. The van der Waals surface area contributed by atoms with Crippen molar-refractivity contribution in [3.05, 3.63) is 126 Å². The molecule has 0 spiro atoms. The fraction of sp³-hybridized carbons (Fsp3) is 0.147. The van der Waals surface area contributed by atoms with E-state index in [9.17, 15) is 5.11 Å². The van der Waals surface area contributed by atoms with E-state index in [2.05, 4.69) is 102 Å². The number of benzene rings is 5. The number of rotatable bonds is 9. The molecule has 1 aromatic heterocycles. The van der Waals surface area contributed by atoms with E-state index in [0.717, 1.165) is 43.7 Å². The molecule has 1 atom stereocenters. The van der Waals surface area contributed by atoms with Crippen molar-refractivity contribution >= 4 is 39.0 Å². The number of aliphatic hydroxyl groups is 1. The van der Waals surface area contributed by atoms with Gasteiger partial charge in [0.25, 0.3) is 0 Å². The summed E-state index contributed by atoms with van der Waals surface area (Å²) in [5.74, 6) is 0.545. The third kappa shape index (κ3) is 4.86. The Hall–Kier alpha value is -4.10. The van der Waals surface area contributed by atoms with Gasteiger partial charge in [-0.15, -0.1) is 0 Å². The van der Waals surface area contributed by atoms with Crippen LogP contribution < -0.4 is 4.90 Å². The molecule has 1 N–H and O–H groups in total. The summed E-state index contributed by atoms with van der Waals surface area (Å²) < 4.78 is 10.6. The van der Waals surface area contributed by atoms with Gasteiger partial charge in [0, 0.05) is 41.8 Å². The van der Waals surface area contributed by atoms with E-state index in [1.165, 1.54) is 16.3 Å². The molecule has 40 heavy (non-hydrogen) atoms. The van der Waals surface area contributed by atoms with Gasteiger partial charge in [-0.05, 0) is 45.0 Å². The molecule has 1 heterocycles. The van der Waals surface area contributed by atoms with Crippen molar-refractivity contribution in [3.8, 4) is 11.3 Å². The molecule has 5 nitrogen and oxygen atoms in total. The maximum Gasteiger partial charge on any atom is 0.124 e. The maximum absolute atomic E-state index is 9.68. The SMILES string of the molecule is COCSc1ccc2c(N(C)C(c3ccc(CO)cc3)c3cccc4ccccc34)cccc2c1-c1ccon1. The summed E-state index contributed by atoms with van der Waals surface area (Å²) in [7, 11) is 3.86. The predicted molar refractivity (Wildman–Crippen MR) is 164 cm³/mol. The Balaban J connectivity index is 1.56. The van der Waals surface area contributed by atoms with Gasteiger partial charge in [-0.3, -0.25) is 0 Å². The Morgan fingerprint density at radius 3 is 2.40 bits per heavy atom. The highest BCUT2D eigenvalue weighted by atomic mass is 32.2. The van der Waals surface area contributed by atoms with Crippen LogP contribution in [0.3, 0.4) is 0 Å². The van der Waals surface area contributed by atoms with E-state index in [1.807, 2.05) is 18.2 Å². The van der Waals surface area contributed by atoms with Gasteiger partial charge in [0.15, 0.2) is 0 Å². The normalized spacial score (nSPS) is 12.2. The summed E-state index contributed by atoms with van der Waals surface area (Å²) in [6, 6.07) is 35.9. The van der Waals surface area contributed by atoms with Gasteiger partial charge < -0.3 is 19.3 Å². The van der Waals surface area contributed by atoms with E-state index in [1.54, 1.807) is 25.1 Å². The Morgan fingerprint density at radius 2 is 1.62 bits per heavy atom. The van der Waals surface area contributed by atoms with Crippen LogP contribution in [0.1, 0.15) is 22.7 Å². The molecule has 6 rings (SSSR count). The fourth-order valence-electron chi connectivity index (χ4n) is 5.52. The van der Waals surface area contributed by atoms with Crippen LogP contribution in [-0.2, 0) is 11.3 Å². The number of hydrogen-bond acceptors (Lipinski definition) is 6. The van der Waals surface area contributed by atoms with Crippen molar-refractivity contribution in [1.29, 1.82) is 0 Å². The summed E-state index contributed by atoms with van der Waals surface area (Å²) in [5, 5.41) is 18.6. The lowest BCUT2D eigenvalue weighted by Gasteiger charge is -2.33. The van der Waals surface area contributed by atoms with E-state index in [4.69, 9.17) is 9.26 Å². The predicted octanol–water partition coefficient (Wildman–Crippen LogP) is 8.06. The van der Waals surface area contributed by atoms with Crippen LogP contribution in [-0.4, -0.2) is 30.4 Å². The van der Waals surface area contributed by atoms with E-state index in [-0.39, 0.29) is 12.6 Å². The van der Waals surface area contributed by atoms with Crippen molar-refractivity contribution in [2.75, 3.05) is 25.0 Å². The summed E-state index contributed by atoms with van der Waals surface area (Å²) in [6.45, 7) is 0.0205. The molecule has 0 radical (unpaired) electrons. The molecule has 0 amide bonds. The molecule has 0 saturated heterocycles. The third-order valence-electron chi connectivity index (χ3n) is 7.39. The Labute approximate surface area is 238 Å². The van der Waals surface area contributed by atoms with Crippen molar-refractivity contribution in [3.63, 3.8) is 0 Å². The second-order valence-electron chi connectivity index (χ2n) is 9.73. The average Bonchev–Trinajstić information content (AvgIpc) is 3.54. The number of ether oxygens (including phenoxy) is 1. The summed E-state index contributed by atoms with van der Waals surface area (Å²) in [6.07, 6.45) is 1.61. The topological polar surface area (TPSA) is 58.7 Å². The van der Waals surface area contributed by atoms with Gasteiger partial charge in [0.2, 0.25) is 0 Å². The smallest absolute Gasteiger partial charge is 0.124 e. The lowest BCUT2D eigenvalue weighted by atomic mass is 9.91. The highest BCUT2D eigenvalue weighted by molar-refractivity contribution is 7.99. The number of thioether (sulfide) groups is 1. The molecule has 1 unspecified atom stereocenters. The zero-order valence-electron chi connectivity index (χ0n) is 22.5. The molecule has 0 aliphatic heterocycles. The molecule has 5 aromatic carbocycles. The molecule has 0 bridgehead atoms. The lowest BCUT2D eigenvalue weighted by molar-refractivity contribution is 0.259. The molecule has 0 aliphatic rings. The van der Waals surface area contributed by atoms with Crippen molar-refractivity contribution in [2.45, 2.75) is 17.5 Å². The van der Waals surface area contributed by atoms with E-state index < -0.39 is 0 Å². The van der Waals surface area contributed by atoms with Crippen LogP contribution in [0.4, 0.5) is 5.69 Å². The Bertz CT molecular complexity index is 1740. The number of anilines is 1. The zero-order chi connectivity index (χ0) is 27.5. The first-order valence-corrected chi connectivity index (χ1v) is 14.2. The Kier molecular flexibility index (Phi) is 7.55. The third-order valence-corrected chi connectivity index (χ3v) is 8.39. The standard InChI is InChI=1S/C34H30N2O3S/c1-36(31-12-6-10-28-27(31)17-18-32(40-22-38-2)33(28)30-19-20-39-35-30)34(25-15-13-23(21-37)14-16-25)29-11-5-8-24-7-3-4-9-26(24)29/h3-20,34,37H,21-22H2,1-2H3. The first-order valence-electron chi connectivity index (χ1n) is 13.2. The van der Waals surface area contributed by atoms with Gasteiger partial charge in [-0.25, -0.2) is 0 Å². The molecule has 0 saturated carbocycles. The lowest BCUT2D eigenvalue weighted by Crippen LogP contribution is -2.25. The monoisotopic (exact) mass is 546 g/mol. The highest BCUT2D eigenvalue weighted by Crippen LogP contribution is 2.43. The highest BCUT2D eigenvalue weighted by Gasteiger charge is 2.24. The average molecular weight is 547 g/mol.